The highest BCUT2D eigenvalue weighted by molar-refractivity contribution is 7.98. The zero-order valence-electron chi connectivity index (χ0n) is 17.3. The average molecular weight is 426 g/mol. The van der Waals surface area contributed by atoms with Crippen LogP contribution in [0, 0.1) is 0 Å². The van der Waals surface area contributed by atoms with Crippen LogP contribution in [0.5, 0.6) is 5.75 Å². The lowest BCUT2D eigenvalue weighted by Gasteiger charge is -2.26. The van der Waals surface area contributed by atoms with Crippen LogP contribution in [0.15, 0.2) is 58.5 Å². The predicted molar refractivity (Wildman–Crippen MR) is 120 cm³/mol. The molecule has 2 heterocycles. The van der Waals surface area contributed by atoms with Crippen molar-refractivity contribution in [2.45, 2.75) is 23.9 Å². The van der Waals surface area contributed by atoms with E-state index in [-0.39, 0.29) is 5.56 Å². The van der Waals surface area contributed by atoms with E-state index in [1.54, 1.807) is 18.9 Å². The van der Waals surface area contributed by atoms with E-state index in [9.17, 15) is 4.79 Å². The van der Waals surface area contributed by atoms with Gasteiger partial charge in [0.05, 0.1) is 31.2 Å². The van der Waals surface area contributed by atoms with Crippen molar-refractivity contribution in [2.75, 3.05) is 40.0 Å². The van der Waals surface area contributed by atoms with Gasteiger partial charge in [0.2, 0.25) is 0 Å². The van der Waals surface area contributed by atoms with Crippen molar-refractivity contribution in [3.63, 3.8) is 0 Å². The van der Waals surface area contributed by atoms with E-state index in [2.05, 4.69) is 4.90 Å². The number of rotatable bonds is 8. The molecule has 1 aliphatic heterocycles. The van der Waals surface area contributed by atoms with Crippen LogP contribution in [-0.4, -0.2) is 54.4 Å². The third-order valence-corrected chi connectivity index (χ3v) is 6.36. The van der Waals surface area contributed by atoms with Crippen molar-refractivity contribution in [1.29, 1.82) is 0 Å². The van der Waals surface area contributed by atoms with Gasteiger partial charge in [0.25, 0.3) is 5.56 Å². The standard InChI is InChI=1S/C23H27N3O3S/c1-28-21-10-5-2-7-18(21)17-30-23-24-20-9-4-3-8-19(20)22(27)26(23)12-6-11-25-13-15-29-16-14-25/h2-5,7-10H,6,11-17H2,1H3. The molecular weight excluding hydrogens is 398 g/mol. The number of hydrogen-bond donors (Lipinski definition) is 0. The highest BCUT2D eigenvalue weighted by atomic mass is 32.2. The summed E-state index contributed by atoms with van der Waals surface area (Å²) in [4.78, 5) is 20.4. The Bertz CT molecular complexity index is 1050. The zero-order valence-corrected chi connectivity index (χ0v) is 18.1. The van der Waals surface area contributed by atoms with Crippen molar-refractivity contribution in [2.24, 2.45) is 0 Å². The van der Waals surface area contributed by atoms with Crippen LogP contribution in [0.25, 0.3) is 10.9 Å². The quantitative estimate of drug-likeness (QED) is 0.407. The molecule has 0 amide bonds. The van der Waals surface area contributed by atoms with Crippen LogP contribution < -0.4 is 10.3 Å². The lowest BCUT2D eigenvalue weighted by molar-refractivity contribution is 0.0368. The van der Waals surface area contributed by atoms with E-state index in [0.29, 0.717) is 17.7 Å². The van der Waals surface area contributed by atoms with E-state index in [1.807, 2.05) is 53.1 Å². The van der Waals surface area contributed by atoms with Gasteiger partial charge in [-0.2, -0.15) is 0 Å². The van der Waals surface area contributed by atoms with Crippen molar-refractivity contribution in [3.05, 3.63) is 64.4 Å². The smallest absolute Gasteiger partial charge is 0.262 e. The Morgan fingerprint density at radius 2 is 1.83 bits per heavy atom. The number of nitrogens with zero attached hydrogens (tertiary/aromatic N) is 3. The first-order valence-corrected chi connectivity index (χ1v) is 11.3. The van der Waals surface area contributed by atoms with Crippen LogP contribution in [0.2, 0.25) is 0 Å². The Kier molecular flexibility index (Phi) is 7.04. The molecule has 0 aliphatic carbocycles. The fourth-order valence-electron chi connectivity index (χ4n) is 3.70. The summed E-state index contributed by atoms with van der Waals surface area (Å²) < 4.78 is 12.7. The number of thioether (sulfide) groups is 1. The number of benzene rings is 2. The SMILES string of the molecule is COc1ccccc1CSc1nc2ccccc2c(=O)n1CCCN1CCOCC1. The van der Waals surface area contributed by atoms with Gasteiger partial charge in [-0.3, -0.25) is 14.3 Å². The number of ether oxygens (including phenoxy) is 2. The molecule has 1 fully saturated rings. The van der Waals surface area contributed by atoms with Crippen LogP contribution >= 0.6 is 11.8 Å². The molecule has 0 saturated carbocycles. The Morgan fingerprint density at radius 1 is 1.07 bits per heavy atom. The third kappa shape index (κ3) is 4.86. The van der Waals surface area contributed by atoms with E-state index < -0.39 is 0 Å². The molecule has 0 unspecified atom stereocenters. The van der Waals surface area contributed by atoms with Crippen LogP contribution in [0.3, 0.4) is 0 Å². The second-order valence-electron chi connectivity index (χ2n) is 7.28. The lowest BCUT2D eigenvalue weighted by atomic mass is 10.2. The monoisotopic (exact) mass is 425 g/mol. The van der Waals surface area contributed by atoms with Crippen molar-refractivity contribution in [1.82, 2.24) is 14.5 Å². The molecule has 30 heavy (non-hydrogen) atoms. The number of hydrogen-bond acceptors (Lipinski definition) is 6. The Labute approximate surface area is 180 Å². The minimum absolute atomic E-state index is 0.0325. The summed E-state index contributed by atoms with van der Waals surface area (Å²) in [6, 6.07) is 15.6. The third-order valence-electron chi connectivity index (χ3n) is 5.34. The Hall–Kier alpha value is -2.35. The Balaban J connectivity index is 1.56. The van der Waals surface area contributed by atoms with Crippen LogP contribution in [0.1, 0.15) is 12.0 Å². The summed E-state index contributed by atoms with van der Waals surface area (Å²) >= 11 is 1.58. The Morgan fingerprint density at radius 3 is 2.67 bits per heavy atom. The molecule has 3 aromatic rings. The fraction of sp³-hybridized carbons (Fsp3) is 0.391. The van der Waals surface area contributed by atoms with Crippen LogP contribution in [0.4, 0.5) is 0 Å². The largest absolute Gasteiger partial charge is 0.496 e. The van der Waals surface area contributed by atoms with E-state index in [0.717, 1.165) is 61.3 Å². The molecule has 1 saturated heterocycles. The molecule has 7 heteroatoms. The van der Waals surface area contributed by atoms with Gasteiger partial charge in [0.15, 0.2) is 5.16 Å². The van der Waals surface area contributed by atoms with Gasteiger partial charge in [0.1, 0.15) is 5.75 Å². The van der Waals surface area contributed by atoms with Gasteiger partial charge >= 0.3 is 0 Å². The summed E-state index contributed by atoms with van der Waals surface area (Å²) in [5.41, 5.74) is 1.87. The highest BCUT2D eigenvalue weighted by Crippen LogP contribution is 2.27. The maximum atomic E-state index is 13.2. The first-order chi connectivity index (χ1) is 14.8. The molecular formula is C23H27N3O3S. The van der Waals surface area contributed by atoms with Crippen LogP contribution in [-0.2, 0) is 17.0 Å². The minimum Gasteiger partial charge on any atom is -0.496 e. The molecule has 0 radical (unpaired) electrons. The summed E-state index contributed by atoms with van der Waals surface area (Å²) in [6.07, 6.45) is 0.905. The number of morpholine rings is 1. The number of aromatic nitrogens is 2. The maximum Gasteiger partial charge on any atom is 0.262 e. The molecule has 4 rings (SSSR count). The highest BCUT2D eigenvalue weighted by Gasteiger charge is 2.14. The maximum absolute atomic E-state index is 13.2. The van der Waals surface area contributed by atoms with E-state index >= 15 is 0 Å². The van der Waals surface area contributed by atoms with Gasteiger partial charge in [-0.15, -0.1) is 0 Å². The molecule has 0 bridgehead atoms. The topological polar surface area (TPSA) is 56.6 Å². The first kappa shape index (κ1) is 20.9. The molecule has 0 spiro atoms. The summed E-state index contributed by atoms with van der Waals surface area (Å²) in [6.45, 7) is 5.11. The number of fused-ring (bicyclic) bond motifs is 1. The van der Waals surface area contributed by atoms with Gasteiger partial charge in [-0.05, 0) is 24.6 Å². The molecule has 0 atom stereocenters. The minimum atomic E-state index is 0.0325. The van der Waals surface area contributed by atoms with Crippen molar-refractivity contribution >= 4 is 22.7 Å². The normalized spacial score (nSPS) is 14.8. The fourth-order valence-corrected chi connectivity index (χ4v) is 4.71. The predicted octanol–water partition coefficient (Wildman–Crippen LogP) is 3.42. The number of methoxy groups -OCH3 is 1. The van der Waals surface area contributed by atoms with E-state index in [1.165, 1.54) is 0 Å². The van der Waals surface area contributed by atoms with Gasteiger partial charge in [0, 0.05) is 37.5 Å². The molecule has 158 valence electrons. The number of para-hydroxylation sites is 2. The second kappa shape index (κ2) is 10.1. The second-order valence-corrected chi connectivity index (χ2v) is 8.22. The average Bonchev–Trinajstić information content (AvgIpc) is 2.80. The van der Waals surface area contributed by atoms with Gasteiger partial charge in [-0.1, -0.05) is 42.1 Å². The van der Waals surface area contributed by atoms with Crippen molar-refractivity contribution < 1.29 is 9.47 Å². The summed E-state index contributed by atoms with van der Waals surface area (Å²) in [5.74, 6) is 1.55. The molecule has 1 aliphatic rings. The van der Waals surface area contributed by atoms with Gasteiger partial charge < -0.3 is 9.47 Å². The van der Waals surface area contributed by atoms with Gasteiger partial charge in [-0.25, -0.2) is 4.98 Å². The molecule has 0 N–H and O–H groups in total. The van der Waals surface area contributed by atoms with E-state index in [4.69, 9.17) is 14.5 Å². The zero-order chi connectivity index (χ0) is 20.8. The summed E-state index contributed by atoms with van der Waals surface area (Å²) in [5, 5.41) is 1.43. The lowest BCUT2D eigenvalue weighted by Crippen LogP contribution is -2.37. The van der Waals surface area contributed by atoms with Crippen molar-refractivity contribution in [3.8, 4) is 5.75 Å². The molecule has 6 nitrogen and oxygen atoms in total. The first-order valence-electron chi connectivity index (χ1n) is 10.3. The molecule has 1 aromatic heterocycles. The molecule has 2 aromatic carbocycles. The summed E-state index contributed by atoms with van der Waals surface area (Å²) in [7, 11) is 1.68.